The molecule has 2 aromatic carbocycles. The second-order valence-corrected chi connectivity index (χ2v) is 12.7. The van der Waals surface area contributed by atoms with Gasteiger partial charge in [0.1, 0.15) is 24.2 Å². The molecule has 2 aliphatic heterocycles. The number of aliphatic hydroxyl groups excluding tert-OH is 2. The molecule has 0 radical (unpaired) electrons. The van der Waals surface area contributed by atoms with Gasteiger partial charge in [-0.2, -0.15) is 0 Å². The summed E-state index contributed by atoms with van der Waals surface area (Å²) in [5.74, 6) is -3.14. The van der Waals surface area contributed by atoms with Crippen molar-refractivity contribution >= 4 is 41.1 Å². The van der Waals surface area contributed by atoms with Crippen molar-refractivity contribution in [2.75, 3.05) is 18.5 Å². The molecule has 1 aromatic heterocycles. The number of thioether (sulfide) groups is 1. The third kappa shape index (κ3) is 5.66. The van der Waals surface area contributed by atoms with E-state index in [2.05, 4.69) is 20.6 Å². The van der Waals surface area contributed by atoms with Crippen LogP contribution in [0, 0.1) is 11.6 Å². The number of aromatic nitrogens is 2. The first kappa shape index (κ1) is 29.7. The number of rotatable bonds is 8. The van der Waals surface area contributed by atoms with E-state index in [0.717, 1.165) is 11.8 Å². The lowest BCUT2D eigenvalue weighted by Gasteiger charge is -2.29. The van der Waals surface area contributed by atoms with E-state index >= 15 is 4.39 Å². The molecule has 43 heavy (non-hydrogen) atoms. The van der Waals surface area contributed by atoms with Crippen LogP contribution in [-0.2, 0) is 16.1 Å². The number of amides is 2. The van der Waals surface area contributed by atoms with Gasteiger partial charge in [0.05, 0.1) is 34.6 Å². The number of carbonyl (C=O) groups excluding carboxylic acids is 2. The summed E-state index contributed by atoms with van der Waals surface area (Å²) in [5, 5.41) is 25.4. The molecule has 4 N–H and O–H groups in total. The number of aliphatic hydroxyl groups is 2. The maximum atomic E-state index is 15.8. The molecule has 1 aliphatic carbocycles. The molecule has 2 fully saturated rings. The van der Waals surface area contributed by atoms with E-state index in [0.29, 0.717) is 17.0 Å². The van der Waals surface area contributed by atoms with Gasteiger partial charge in [-0.05, 0) is 42.2 Å². The number of benzene rings is 2. The first-order valence-electron chi connectivity index (χ1n) is 13.7. The molecule has 1 saturated heterocycles. The van der Waals surface area contributed by atoms with Crippen molar-refractivity contribution in [2.45, 2.75) is 54.2 Å². The molecular formula is C29H27ClF3N5O4S. The van der Waals surface area contributed by atoms with E-state index in [1.165, 1.54) is 28.8 Å². The summed E-state index contributed by atoms with van der Waals surface area (Å²) in [6, 6.07) is 9.39. The number of nitrogens with one attached hydrogen (secondary N) is 2. The number of anilines is 1. The maximum absolute atomic E-state index is 15.8. The highest BCUT2D eigenvalue weighted by Gasteiger charge is 2.57. The van der Waals surface area contributed by atoms with Crippen LogP contribution in [0.1, 0.15) is 40.7 Å². The normalized spacial score (nSPS) is 26.3. The van der Waals surface area contributed by atoms with Crippen LogP contribution in [0.5, 0.6) is 0 Å². The van der Waals surface area contributed by atoms with E-state index in [1.807, 2.05) is 6.07 Å². The monoisotopic (exact) mass is 633 g/mol. The van der Waals surface area contributed by atoms with E-state index in [9.17, 15) is 28.6 Å². The molecule has 3 aromatic rings. The Morgan fingerprint density at radius 1 is 1.23 bits per heavy atom. The summed E-state index contributed by atoms with van der Waals surface area (Å²) in [6.07, 6.45) is -0.882. The van der Waals surface area contributed by atoms with Gasteiger partial charge in [0, 0.05) is 29.6 Å². The zero-order valence-corrected chi connectivity index (χ0v) is 24.1. The lowest BCUT2D eigenvalue weighted by molar-refractivity contribution is -0.122. The summed E-state index contributed by atoms with van der Waals surface area (Å²) in [7, 11) is 0. The molecule has 9 nitrogen and oxygen atoms in total. The number of carbonyl (C=O) groups is 2. The van der Waals surface area contributed by atoms with Crippen molar-refractivity contribution in [3.05, 3.63) is 75.9 Å². The van der Waals surface area contributed by atoms with Crippen molar-refractivity contribution in [2.24, 2.45) is 0 Å². The highest BCUT2D eigenvalue weighted by molar-refractivity contribution is 8.08. The summed E-state index contributed by atoms with van der Waals surface area (Å²) >= 11 is 7.44. The Bertz CT molecular complexity index is 1600. The van der Waals surface area contributed by atoms with Gasteiger partial charge in [-0.3, -0.25) is 9.59 Å². The fourth-order valence-electron chi connectivity index (χ4n) is 5.63. The molecule has 1 saturated carbocycles. The first-order valence-corrected chi connectivity index (χ1v) is 14.9. The number of nitrogens with zero attached hydrogens (tertiary/aromatic N) is 3. The summed E-state index contributed by atoms with van der Waals surface area (Å²) < 4.78 is 43.8. The standard InChI is InChI=1S/C29H27ClF3N5O4S/c30-16-3-1-2-15(8-16)29(13-39)27(43-29)36-22(41)12-38-11-14-4-6-18(24(33)23(14)26(38)42)25-20(32)10-34-28(37-25)35-17-5-7-21(40)19(31)9-17/h1-4,6,8,10,17,19,21,27,39-40H,5,7,9,11-13H2,(H,36,41)(H,34,35,37)/t17?,19-,21-,27?,29+/m0/s1. The largest absolute Gasteiger partial charge is 0.394 e. The Hall–Kier alpha value is -3.39. The van der Waals surface area contributed by atoms with Crippen LogP contribution in [0.2, 0.25) is 5.02 Å². The van der Waals surface area contributed by atoms with Crippen molar-refractivity contribution in [1.29, 1.82) is 0 Å². The van der Waals surface area contributed by atoms with Gasteiger partial charge in [0.15, 0.2) is 5.82 Å². The number of hydrogen-bond acceptors (Lipinski definition) is 8. The van der Waals surface area contributed by atoms with Gasteiger partial charge in [-0.25, -0.2) is 23.1 Å². The molecule has 2 amide bonds. The molecule has 0 spiro atoms. The molecular weight excluding hydrogens is 607 g/mol. The Morgan fingerprint density at radius 2 is 2.05 bits per heavy atom. The van der Waals surface area contributed by atoms with Gasteiger partial charge in [-0.15, -0.1) is 11.8 Å². The Morgan fingerprint density at radius 3 is 2.79 bits per heavy atom. The van der Waals surface area contributed by atoms with Gasteiger partial charge in [0.2, 0.25) is 11.9 Å². The summed E-state index contributed by atoms with van der Waals surface area (Å²) in [6.45, 7) is -0.604. The van der Waals surface area contributed by atoms with Gasteiger partial charge < -0.3 is 25.7 Å². The zero-order valence-electron chi connectivity index (χ0n) is 22.6. The minimum atomic E-state index is -1.42. The van der Waals surface area contributed by atoms with Crippen LogP contribution in [0.25, 0.3) is 11.3 Å². The first-order chi connectivity index (χ1) is 20.6. The average Bonchev–Trinajstić information content (AvgIpc) is 3.59. The minimum absolute atomic E-state index is 0.0172. The quantitative estimate of drug-likeness (QED) is 0.276. The second kappa shape index (κ2) is 11.6. The van der Waals surface area contributed by atoms with Crippen LogP contribution in [-0.4, -0.2) is 73.7 Å². The zero-order chi connectivity index (χ0) is 30.5. The lowest BCUT2D eigenvalue weighted by atomic mass is 9.91. The van der Waals surface area contributed by atoms with Crippen molar-refractivity contribution in [1.82, 2.24) is 20.2 Å². The highest BCUT2D eigenvalue weighted by atomic mass is 35.5. The minimum Gasteiger partial charge on any atom is -0.394 e. The third-order valence-electron chi connectivity index (χ3n) is 8.03. The molecule has 0 bridgehead atoms. The predicted molar refractivity (Wildman–Crippen MR) is 154 cm³/mol. The molecule has 6 rings (SSSR count). The number of alkyl halides is 1. The van der Waals surface area contributed by atoms with Gasteiger partial charge >= 0.3 is 0 Å². The van der Waals surface area contributed by atoms with Crippen LogP contribution in [0.15, 0.2) is 42.6 Å². The molecule has 3 heterocycles. The maximum Gasteiger partial charge on any atom is 0.257 e. The van der Waals surface area contributed by atoms with Crippen molar-refractivity contribution < 1.29 is 33.0 Å². The molecule has 2 unspecified atom stereocenters. The van der Waals surface area contributed by atoms with Crippen molar-refractivity contribution in [3.63, 3.8) is 0 Å². The Kier molecular flexibility index (Phi) is 8.01. The smallest absolute Gasteiger partial charge is 0.257 e. The molecule has 5 atom stereocenters. The van der Waals surface area contributed by atoms with E-state index in [1.54, 1.807) is 18.2 Å². The predicted octanol–water partition coefficient (Wildman–Crippen LogP) is 3.77. The van der Waals surface area contributed by atoms with Crippen LogP contribution < -0.4 is 10.6 Å². The number of halogens is 4. The summed E-state index contributed by atoms with van der Waals surface area (Å²) in [5.41, 5.74) is 0.195. The van der Waals surface area contributed by atoms with Crippen LogP contribution >= 0.6 is 23.4 Å². The molecule has 14 heteroatoms. The molecule has 226 valence electrons. The molecule has 3 aliphatic rings. The van der Waals surface area contributed by atoms with Crippen LogP contribution in [0.3, 0.4) is 0 Å². The Balaban J connectivity index is 1.15. The lowest BCUT2D eigenvalue weighted by Crippen LogP contribution is -2.40. The fraction of sp³-hybridized carbons (Fsp3) is 0.379. The summed E-state index contributed by atoms with van der Waals surface area (Å²) in [4.78, 5) is 35.3. The second-order valence-electron chi connectivity index (χ2n) is 10.9. The van der Waals surface area contributed by atoms with E-state index in [4.69, 9.17) is 11.6 Å². The average molecular weight is 634 g/mol. The Labute approximate surface area is 253 Å². The van der Waals surface area contributed by atoms with Crippen molar-refractivity contribution in [3.8, 4) is 11.3 Å². The van der Waals surface area contributed by atoms with Crippen LogP contribution in [0.4, 0.5) is 19.1 Å². The van der Waals surface area contributed by atoms with Gasteiger partial charge in [0.25, 0.3) is 5.91 Å². The van der Waals surface area contributed by atoms with Gasteiger partial charge in [-0.1, -0.05) is 29.8 Å². The van der Waals surface area contributed by atoms with E-state index < -0.39 is 51.9 Å². The third-order valence-corrected chi connectivity index (χ3v) is 9.79. The fourth-order valence-corrected chi connectivity index (χ4v) is 6.97. The highest BCUT2D eigenvalue weighted by Crippen LogP contribution is 2.59. The number of fused-ring (bicyclic) bond motifs is 1. The topological polar surface area (TPSA) is 128 Å². The van der Waals surface area contributed by atoms with E-state index in [-0.39, 0.29) is 55.3 Å². The SMILES string of the molecule is O=C(CN1Cc2ccc(-c3nc(NC4CC[C@H](O)[C@@H](F)C4)ncc3F)c(F)c2C1=O)NC1S[C@]1(CO)c1cccc(Cl)c1. The number of hydrogen-bond donors (Lipinski definition) is 4.